The van der Waals surface area contributed by atoms with E-state index >= 15 is 0 Å². The first kappa shape index (κ1) is 16.3. The van der Waals surface area contributed by atoms with Gasteiger partial charge in [0.25, 0.3) is 0 Å². The van der Waals surface area contributed by atoms with Crippen molar-refractivity contribution >= 4 is 21.7 Å². The molecule has 0 heterocycles. The van der Waals surface area contributed by atoms with Gasteiger partial charge >= 0.3 is 5.97 Å². The SMILES string of the molecule is CCOC(=O)CCCNS(=O)(=O)c1ccc(O)c(N)c1. The maximum absolute atomic E-state index is 11.9. The minimum atomic E-state index is -3.70. The summed E-state index contributed by atoms with van der Waals surface area (Å²) < 4.78 is 30.9. The summed E-state index contributed by atoms with van der Waals surface area (Å²) in [6, 6.07) is 3.63. The summed E-state index contributed by atoms with van der Waals surface area (Å²) in [5, 5.41) is 9.24. The number of nitrogens with two attached hydrogens (primary N) is 1. The largest absolute Gasteiger partial charge is 0.506 e. The van der Waals surface area contributed by atoms with Gasteiger partial charge in [-0.15, -0.1) is 0 Å². The highest BCUT2D eigenvalue weighted by Crippen LogP contribution is 2.22. The summed E-state index contributed by atoms with van der Waals surface area (Å²) in [5.74, 6) is -0.535. The number of rotatable bonds is 7. The van der Waals surface area contributed by atoms with Crippen molar-refractivity contribution in [3.05, 3.63) is 18.2 Å². The van der Waals surface area contributed by atoms with Crippen molar-refractivity contribution in [2.24, 2.45) is 0 Å². The number of carbonyl (C=O) groups excluding carboxylic acids is 1. The molecule has 0 amide bonds. The van der Waals surface area contributed by atoms with Crippen LogP contribution in [0.15, 0.2) is 23.1 Å². The molecular weight excluding hydrogens is 284 g/mol. The van der Waals surface area contributed by atoms with E-state index in [0.717, 1.165) is 0 Å². The number of anilines is 1. The Balaban J connectivity index is 2.53. The summed E-state index contributed by atoms with van der Waals surface area (Å²) in [6.07, 6.45) is 0.486. The lowest BCUT2D eigenvalue weighted by molar-refractivity contribution is -0.143. The third-order valence-corrected chi connectivity index (χ3v) is 3.92. The number of aromatic hydroxyl groups is 1. The van der Waals surface area contributed by atoms with Crippen molar-refractivity contribution in [2.75, 3.05) is 18.9 Å². The fourth-order valence-electron chi connectivity index (χ4n) is 1.46. The Bertz CT molecular complexity index is 571. The highest BCUT2D eigenvalue weighted by molar-refractivity contribution is 7.89. The molecule has 0 aliphatic rings. The third-order valence-electron chi connectivity index (χ3n) is 2.46. The van der Waals surface area contributed by atoms with Gasteiger partial charge in [0.05, 0.1) is 17.2 Å². The van der Waals surface area contributed by atoms with Gasteiger partial charge in [-0.05, 0) is 31.5 Å². The molecule has 0 unspecified atom stereocenters. The molecule has 1 rings (SSSR count). The number of phenols is 1. The second kappa shape index (κ2) is 7.11. The molecule has 7 nitrogen and oxygen atoms in total. The summed E-state index contributed by atoms with van der Waals surface area (Å²) in [7, 11) is -3.70. The molecule has 0 radical (unpaired) electrons. The topological polar surface area (TPSA) is 119 Å². The lowest BCUT2D eigenvalue weighted by Crippen LogP contribution is -2.25. The van der Waals surface area contributed by atoms with Crippen molar-refractivity contribution in [2.45, 2.75) is 24.7 Å². The fourth-order valence-corrected chi connectivity index (χ4v) is 2.56. The lowest BCUT2D eigenvalue weighted by Gasteiger charge is -2.08. The Morgan fingerprint density at radius 1 is 1.45 bits per heavy atom. The van der Waals surface area contributed by atoms with E-state index in [9.17, 15) is 18.3 Å². The van der Waals surface area contributed by atoms with Crippen LogP contribution in [0.1, 0.15) is 19.8 Å². The minimum absolute atomic E-state index is 0.0144. The van der Waals surface area contributed by atoms with Crippen LogP contribution < -0.4 is 10.5 Å². The number of carbonyl (C=O) groups is 1. The molecule has 1 aromatic carbocycles. The summed E-state index contributed by atoms with van der Waals surface area (Å²) >= 11 is 0. The van der Waals surface area contributed by atoms with Crippen LogP contribution in [-0.4, -0.2) is 32.6 Å². The number of nitrogens with one attached hydrogen (secondary N) is 1. The Morgan fingerprint density at radius 3 is 2.75 bits per heavy atom. The smallest absolute Gasteiger partial charge is 0.305 e. The number of hydrogen-bond acceptors (Lipinski definition) is 6. The molecular formula is C12H18N2O5S. The molecule has 0 aromatic heterocycles. The van der Waals surface area contributed by atoms with Crippen LogP contribution in [0.3, 0.4) is 0 Å². The molecule has 0 bridgehead atoms. The fraction of sp³-hybridized carbons (Fsp3) is 0.417. The molecule has 8 heteroatoms. The van der Waals surface area contributed by atoms with Crippen LogP contribution in [0.25, 0.3) is 0 Å². The van der Waals surface area contributed by atoms with E-state index in [4.69, 9.17) is 10.5 Å². The van der Waals surface area contributed by atoms with E-state index in [1.54, 1.807) is 6.92 Å². The summed E-state index contributed by atoms with van der Waals surface area (Å²) in [4.78, 5) is 11.0. The molecule has 0 aliphatic heterocycles. The highest BCUT2D eigenvalue weighted by Gasteiger charge is 2.15. The minimum Gasteiger partial charge on any atom is -0.506 e. The first-order chi connectivity index (χ1) is 9.36. The van der Waals surface area contributed by atoms with E-state index in [-0.39, 0.29) is 35.3 Å². The Hall–Kier alpha value is -1.80. The Kier molecular flexibility index (Phi) is 5.78. The molecule has 0 spiro atoms. The van der Waals surface area contributed by atoms with Gasteiger partial charge in [-0.2, -0.15) is 0 Å². The van der Waals surface area contributed by atoms with Crippen molar-refractivity contribution < 1.29 is 23.1 Å². The maximum atomic E-state index is 11.9. The number of hydrogen-bond donors (Lipinski definition) is 3. The molecule has 0 aliphatic carbocycles. The molecule has 0 fully saturated rings. The van der Waals surface area contributed by atoms with Crippen LogP contribution in [-0.2, 0) is 19.6 Å². The number of benzene rings is 1. The molecule has 0 saturated carbocycles. The van der Waals surface area contributed by atoms with Gasteiger partial charge in [-0.1, -0.05) is 0 Å². The monoisotopic (exact) mass is 302 g/mol. The zero-order valence-electron chi connectivity index (χ0n) is 11.1. The number of esters is 1. The van der Waals surface area contributed by atoms with E-state index in [0.29, 0.717) is 13.0 Å². The zero-order valence-corrected chi connectivity index (χ0v) is 11.9. The van der Waals surface area contributed by atoms with Crippen molar-refractivity contribution in [1.29, 1.82) is 0 Å². The first-order valence-electron chi connectivity index (χ1n) is 6.10. The molecule has 0 atom stereocenters. The average molecular weight is 302 g/mol. The van der Waals surface area contributed by atoms with E-state index in [1.807, 2.05) is 0 Å². The third kappa shape index (κ3) is 4.71. The van der Waals surface area contributed by atoms with Crippen molar-refractivity contribution in [3.8, 4) is 5.75 Å². The number of phenolic OH excluding ortho intramolecular Hbond substituents is 1. The van der Waals surface area contributed by atoms with E-state index in [1.165, 1.54) is 18.2 Å². The molecule has 1 aromatic rings. The summed E-state index contributed by atoms with van der Waals surface area (Å²) in [5.41, 5.74) is 5.43. The van der Waals surface area contributed by atoms with Crippen LogP contribution in [0.5, 0.6) is 5.75 Å². The zero-order chi connectivity index (χ0) is 15.2. The van der Waals surface area contributed by atoms with Gasteiger partial charge in [-0.3, -0.25) is 4.79 Å². The second-order valence-electron chi connectivity index (χ2n) is 4.03. The predicted octanol–water partition coefficient (Wildman–Crippen LogP) is 0.596. The van der Waals surface area contributed by atoms with Crippen molar-refractivity contribution in [3.63, 3.8) is 0 Å². The van der Waals surface area contributed by atoms with Crippen LogP contribution in [0.4, 0.5) is 5.69 Å². The van der Waals surface area contributed by atoms with Crippen LogP contribution in [0, 0.1) is 0 Å². The maximum Gasteiger partial charge on any atom is 0.305 e. The van der Waals surface area contributed by atoms with Crippen molar-refractivity contribution in [1.82, 2.24) is 4.72 Å². The Morgan fingerprint density at radius 2 is 2.15 bits per heavy atom. The van der Waals surface area contributed by atoms with Gasteiger partial charge in [0.1, 0.15) is 5.75 Å². The van der Waals surface area contributed by atoms with Crippen LogP contribution >= 0.6 is 0 Å². The summed E-state index contributed by atoms with van der Waals surface area (Å²) in [6.45, 7) is 2.12. The predicted molar refractivity (Wildman–Crippen MR) is 73.6 cm³/mol. The quantitative estimate of drug-likeness (QED) is 0.294. The van der Waals surface area contributed by atoms with Gasteiger partial charge < -0.3 is 15.6 Å². The van der Waals surface area contributed by atoms with Crippen LogP contribution in [0.2, 0.25) is 0 Å². The number of sulfonamides is 1. The number of ether oxygens (including phenoxy) is 1. The Labute approximate surface area is 117 Å². The molecule has 0 saturated heterocycles. The standard InChI is InChI=1S/C12H18N2O5S/c1-2-19-12(16)4-3-7-14-20(17,18)9-5-6-11(15)10(13)8-9/h5-6,8,14-15H,2-4,7,13H2,1H3. The second-order valence-corrected chi connectivity index (χ2v) is 5.79. The van der Waals surface area contributed by atoms with Gasteiger partial charge in [-0.25, -0.2) is 13.1 Å². The lowest BCUT2D eigenvalue weighted by atomic mass is 10.3. The highest BCUT2D eigenvalue weighted by atomic mass is 32.2. The molecule has 112 valence electrons. The molecule has 4 N–H and O–H groups in total. The van der Waals surface area contributed by atoms with Gasteiger partial charge in [0, 0.05) is 13.0 Å². The average Bonchev–Trinajstić information content (AvgIpc) is 2.38. The van der Waals surface area contributed by atoms with E-state index in [2.05, 4.69) is 4.72 Å². The van der Waals surface area contributed by atoms with E-state index < -0.39 is 10.0 Å². The van der Waals surface area contributed by atoms with Gasteiger partial charge in [0.15, 0.2) is 0 Å². The molecule has 20 heavy (non-hydrogen) atoms. The van der Waals surface area contributed by atoms with Gasteiger partial charge in [0.2, 0.25) is 10.0 Å². The normalized spacial score (nSPS) is 11.2. The first-order valence-corrected chi connectivity index (χ1v) is 7.59. The number of nitrogen functional groups attached to an aromatic ring is 1.